The van der Waals surface area contributed by atoms with Crippen LogP contribution < -0.4 is 5.32 Å². The van der Waals surface area contributed by atoms with E-state index in [0.717, 1.165) is 36.8 Å². The van der Waals surface area contributed by atoms with Crippen LogP contribution >= 0.6 is 0 Å². The van der Waals surface area contributed by atoms with Crippen LogP contribution in [0.2, 0.25) is 0 Å². The molecule has 3 N–H and O–H groups in total. The van der Waals surface area contributed by atoms with Crippen molar-refractivity contribution in [1.29, 1.82) is 0 Å². The number of esters is 1. The van der Waals surface area contributed by atoms with E-state index in [9.17, 15) is 14.7 Å². The minimum absolute atomic E-state index is 0.0175. The van der Waals surface area contributed by atoms with E-state index in [1.54, 1.807) is 6.08 Å². The van der Waals surface area contributed by atoms with Gasteiger partial charge in [0, 0.05) is 6.54 Å². The molecule has 0 heterocycles. The first-order chi connectivity index (χ1) is 12.1. The SMILES string of the molecule is O=C(/C=C/c1ccc(CN[C@H](CO)C(=O)OC2CCCC2)cc1)CO. The zero-order valence-corrected chi connectivity index (χ0v) is 14.2. The van der Waals surface area contributed by atoms with Crippen LogP contribution in [0.1, 0.15) is 36.8 Å². The summed E-state index contributed by atoms with van der Waals surface area (Å²) in [4.78, 5) is 23.1. The molecule has 25 heavy (non-hydrogen) atoms. The van der Waals surface area contributed by atoms with Gasteiger partial charge in [0.2, 0.25) is 0 Å². The van der Waals surface area contributed by atoms with E-state index < -0.39 is 18.6 Å². The highest BCUT2D eigenvalue weighted by molar-refractivity contribution is 5.94. The summed E-state index contributed by atoms with van der Waals surface area (Å²) >= 11 is 0. The zero-order chi connectivity index (χ0) is 18.1. The van der Waals surface area contributed by atoms with Gasteiger partial charge < -0.3 is 14.9 Å². The van der Waals surface area contributed by atoms with Gasteiger partial charge in [0.05, 0.1) is 6.61 Å². The van der Waals surface area contributed by atoms with E-state index in [1.165, 1.54) is 6.08 Å². The maximum absolute atomic E-state index is 12.1. The Morgan fingerprint density at radius 2 is 1.88 bits per heavy atom. The van der Waals surface area contributed by atoms with E-state index >= 15 is 0 Å². The number of aliphatic hydroxyl groups is 2. The third-order valence-electron chi connectivity index (χ3n) is 4.20. The highest BCUT2D eigenvalue weighted by Crippen LogP contribution is 2.21. The largest absolute Gasteiger partial charge is 0.461 e. The van der Waals surface area contributed by atoms with Crippen LogP contribution in [0.25, 0.3) is 6.08 Å². The molecule has 136 valence electrons. The monoisotopic (exact) mass is 347 g/mol. The van der Waals surface area contributed by atoms with Crippen LogP contribution in [0.3, 0.4) is 0 Å². The van der Waals surface area contributed by atoms with Crippen molar-refractivity contribution in [3.8, 4) is 0 Å². The molecule has 2 rings (SSSR count). The molecular formula is C19H25NO5. The van der Waals surface area contributed by atoms with Crippen molar-refractivity contribution in [3.05, 3.63) is 41.5 Å². The molecule has 0 aromatic heterocycles. The van der Waals surface area contributed by atoms with Crippen molar-refractivity contribution in [2.75, 3.05) is 13.2 Å². The van der Waals surface area contributed by atoms with E-state index in [-0.39, 0.29) is 18.5 Å². The fraction of sp³-hybridized carbons (Fsp3) is 0.474. The summed E-state index contributed by atoms with van der Waals surface area (Å²) < 4.78 is 5.41. The normalized spacial score (nSPS) is 16.2. The topological polar surface area (TPSA) is 95.9 Å². The smallest absolute Gasteiger partial charge is 0.325 e. The lowest BCUT2D eigenvalue weighted by Gasteiger charge is -2.18. The number of carbonyl (C=O) groups excluding carboxylic acids is 2. The van der Waals surface area contributed by atoms with Crippen LogP contribution in [0.5, 0.6) is 0 Å². The molecule has 6 heteroatoms. The summed E-state index contributed by atoms with van der Waals surface area (Å²) in [5, 5.41) is 21.1. The van der Waals surface area contributed by atoms with Crippen LogP contribution in [0, 0.1) is 0 Å². The molecule has 0 amide bonds. The molecular weight excluding hydrogens is 322 g/mol. The molecule has 0 radical (unpaired) electrons. The van der Waals surface area contributed by atoms with E-state index in [1.807, 2.05) is 24.3 Å². The molecule has 0 spiro atoms. The van der Waals surface area contributed by atoms with Gasteiger partial charge in [-0.25, -0.2) is 0 Å². The van der Waals surface area contributed by atoms with Gasteiger partial charge in [-0.1, -0.05) is 30.3 Å². The number of carbonyl (C=O) groups is 2. The van der Waals surface area contributed by atoms with Crippen molar-refractivity contribution in [2.45, 2.75) is 44.4 Å². The Labute approximate surface area is 147 Å². The summed E-state index contributed by atoms with van der Waals surface area (Å²) in [6.07, 6.45) is 6.91. The molecule has 1 aliphatic carbocycles. The Morgan fingerprint density at radius 3 is 2.48 bits per heavy atom. The minimum Gasteiger partial charge on any atom is -0.461 e. The molecule has 1 fully saturated rings. The van der Waals surface area contributed by atoms with Gasteiger partial charge in [-0.3, -0.25) is 14.9 Å². The molecule has 0 aliphatic heterocycles. The minimum atomic E-state index is -0.734. The van der Waals surface area contributed by atoms with Crippen LogP contribution in [0.4, 0.5) is 0 Å². The van der Waals surface area contributed by atoms with Crippen molar-refractivity contribution in [2.24, 2.45) is 0 Å². The fourth-order valence-electron chi connectivity index (χ4n) is 2.70. The maximum atomic E-state index is 12.1. The van der Waals surface area contributed by atoms with Gasteiger partial charge in [0.15, 0.2) is 5.78 Å². The summed E-state index contributed by atoms with van der Waals surface area (Å²) in [6, 6.07) is 6.67. The van der Waals surface area contributed by atoms with Gasteiger partial charge in [-0.2, -0.15) is 0 Å². The van der Waals surface area contributed by atoms with E-state index in [4.69, 9.17) is 9.84 Å². The molecule has 1 saturated carbocycles. The van der Waals surface area contributed by atoms with Gasteiger partial charge in [0.25, 0.3) is 0 Å². The van der Waals surface area contributed by atoms with Crippen molar-refractivity contribution < 1.29 is 24.5 Å². The van der Waals surface area contributed by atoms with Crippen LogP contribution in [-0.4, -0.2) is 47.3 Å². The van der Waals surface area contributed by atoms with Crippen molar-refractivity contribution >= 4 is 17.8 Å². The van der Waals surface area contributed by atoms with Crippen molar-refractivity contribution in [3.63, 3.8) is 0 Å². The average Bonchev–Trinajstić information content (AvgIpc) is 3.14. The average molecular weight is 347 g/mol. The number of nitrogens with one attached hydrogen (secondary N) is 1. The summed E-state index contributed by atoms with van der Waals surface area (Å²) in [5.41, 5.74) is 1.78. The van der Waals surface area contributed by atoms with Crippen molar-refractivity contribution in [1.82, 2.24) is 5.32 Å². The first-order valence-electron chi connectivity index (χ1n) is 8.58. The maximum Gasteiger partial charge on any atom is 0.325 e. The lowest BCUT2D eigenvalue weighted by molar-refractivity contribution is -0.152. The predicted molar refractivity (Wildman–Crippen MR) is 93.6 cm³/mol. The second kappa shape index (κ2) is 10.1. The summed E-state index contributed by atoms with van der Waals surface area (Å²) in [5.74, 6) is -0.756. The van der Waals surface area contributed by atoms with Gasteiger partial charge in [-0.15, -0.1) is 0 Å². The zero-order valence-electron chi connectivity index (χ0n) is 14.2. The Kier molecular flexibility index (Phi) is 7.78. The highest BCUT2D eigenvalue weighted by Gasteiger charge is 2.24. The highest BCUT2D eigenvalue weighted by atomic mass is 16.5. The van der Waals surface area contributed by atoms with Gasteiger partial charge >= 0.3 is 5.97 Å². The molecule has 1 atom stereocenters. The molecule has 1 aliphatic rings. The molecule has 6 nitrogen and oxygen atoms in total. The fourth-order valence-corrected chi connectivity index (χ4v) is 2.70. The second-order valence-corrected chi connectivity index (χ2v) is 6.16. The molecule has 0 bridgehead atoms. The van der Waals surface area contributed by atoms with Gasteiger partial charge in [-0.05, 0) is 42.9 Å². The second-order valence-electron chi connectivity index (χ2n) is 6.16. The lowest BCUT2D eigenvalue weighted by Crippen LogP contribution is -2.41. The number of hydrogen-bond donors (Lipinski definition) is 3. The summed E-state index contributed by atoms with van der Waals surface area (Å²) in [6.45, 7) is -0.391. The molecule has 0 saturated heterocycles. The van der Waals surface area contributed by atoms with E-state index in [2.05, 4.69) is 5.32 Å². The summed E-state index contributed by atoms with van der Waals surface area (Å²) in [7, 11) is 0. The standard InChI is InChI=1S/C19H25NO5/c21-12-16(23)10-9-14-5-7-15(8-6-14)11-20-18(13-22)19(24)25-17-3-1-2-4-17/h5-10,17-18,20-22H,1-4,11-13H2/b10-9+/t18-/m1/s1. The predicted octanol–water partition coefficient (Wildman–Crippen LogP) is 1.20. The number of hydrogen-bond acceptors (Lipinski definition) is 6. The molecule has 1 aromatic rings. The Bertz CT molecular complexity index is 590. The number of rotatable bonds is 9. The number of aliphatic hydroxyl groups excluding tert-OH is 2. The van der Waals surface area contributed by atoms with Crippen LogP contribution in [-0.2, 0) is 20.9 Å². The number of ketones is 1. The Morgan fingerprint density at radius 1 is 1.20 bits per heavy atom. The van der Waals surface area contributed by atoms with Crippen LogP contribution in [0.15, 0.2) is 30.3 Å². The molecule has 1 aromatic carbocycles. The Balaban J connectivity index is 1.82. The van der Waals surface area contributed by atoms with Gasteiger partial charge in [0.1, 0.15) is 18.8 Å². The lowest BCUT2D eigenvalue weighted by atomic mass is 10.1. The quantitative estimate of drug-likeness (QED) is 0.459. The third kappa shape index (κ3) is 6.42. The first kappa shape index (κ1) is 19.3. The first-order valence-corrected chi connectivity index (χ1v) is 8.58. The number of benzene rings is 1. The molecule has 0 unspecified atom stereocenters. The van der Waals surface area contributed by atoms with E-state index in [0.29, 0.717) is 6.54 Å². The number of ether oxygens (including phenoxy) is 1. The Hall–Kier alpha value is -2.02. The third-order valence-corrected chi connectivity index (χ3v) is 4.20.